The number of aldehydes is 1. The van der Waals surface area contributed by atoms with Crippen LogP contribution >= 0.6 is 23.2 Å². The van der Waals surface area contributed by atoms with E-state index in [0.29, 0.717) is 17.5 Å². The molecule has 3 aromatic rings. The van der Waals surface area contributed by atoms with Crippen LogP contribution in [0.15, 0.2) is 35.1 Å². The first-order valence-corrected chi connectivity index (χ1v) is 8.01. The Hall–Kier alpha value is -2.24. The number of pyridine rings is 1. The van der Waals surface area contributed by atoms with Crippen molar-refractivity contribution in [2.75, 3.05) is 0 Å². The molecule has 2 aromatic carbocycles. The highest BCUT2D eigenvalue weighted by molar-refractivity contribution is 6.37. The van der Waals surface area contributed by atoms with Crippen molar-refractivity contribution in [2.45, 2.75) is 6.42 Å². The van der Waals surface area contributed by atoms with Crippen molar-refractivity contribution >= 4 is 40.3 Å². The van der Waals surface area contributed by atoms with Crippen LogP contribution in [0.2, 0.25) is 10.0 Å². The number of hydrogen-bond acceptors (Lipinski definition) is 2. The van der Waals surface area contributed by atoms with Gasteiger partial charge >= 0.3 is 0 Å². The average molecular weight is 382 g/mol. The van der Waals surface area contributed by atoms with Crippen LogP contribution in [-0.4, -0.2) is 10.9 Å². The van der Waals surface area contributed by atoms with Gasteiger partial charge in [0.05, 0.1) is 10.0 Å². The number of hydrogen-bond donors (Lipinski definition) is 0. The third-order valence-corrected chi connectivity index (χ3v) is 4.72. The zero-order valence-corrected chi connectivity index (χ0v) is 14.5. The topological polar surface area (TPSA) is 39.1 Å². The molecule has 1 heterocycles. The van der Waals surface area contributed by atoms with Gasteiger partial charge in [-0.05, 0) is 29.7 Å². The number of fused-ring (bicyclic) bond motifs is 1. The number of nitrogens with zero attached hydrogens (tertiary/aromatic N) is 1. The van der Waals surface area contributed by atoms with Gasteiger partial charge in [0, 0.05) is 35.7 Å². The minimum atomic E-state index is -0.823. The molecule has 0 aliphatic heterocycles. The van der Waals surface area contributed by atoms with Crippen LogP contribution in [-0.2, 0) is 18.3 Å². The van der Waals surface area contributed by atoms with Gasteiger partial charge in [-0.2, -0.15) is 0 Å². The van der Waals surface area contributed by atoms with E-state index in [1.54, 1.807) is 0 Å². The maximum atomic E-state index is 14.2. The Kier molecular flexibility index (Phi) is 4.62. The average Bonchev–Trinajstić information content (AvgIpc) is 2.59. The molecule has 3 nitrogen and oxygen atoms in total. The standard InChI is InChI=1S/C18H11Cl2F2NO2/c1-23-14(6-7-24)15(11-4-5-13(19)17(22)16(11)20)12-8-9(21)2-3-10(12)18(23)25/h2-5,7-8H,6H2,1H3. The molecule has 0 radical (unpaired) electrons. The van der Waals surface area contributed by atoms with Crippen LogP contribution in [0.5, 0.6) is 0 Å². The first kappa shape index (κ1) is 17.6. The van der Waals surface area contributed by atoms with E-state index in [1.807, 2.05) is 0 Å². The molecule has 25 heavy (non-hydrogen) atoms. The first-order valence-electron chi connectivity index (χ1n) is 7.25. The summed E-state index contributed by atoms with van der Waals surface area (Å²) in [4.78, 5) is 23.6. The van der Waals surface area contributed by atoms with E-state index >= 15 is 0 Å². The third-order valence-electron chi connectivity index (χ3n) is 4.06. The lowest BCUT2D eigenvalue weighted by atomic mass is 9.95. The second-order valence-electron chi connectivity index (χ2n) is 5.47. The van der Waals surface area contributed by atoms with Crippen LogP contribution in [0, 0.1) is 11.6 Å². The Morgan fingerprint density at radius 3 is 2.52 bits per heavy atom. The van der Waals surface area contributed by atoms with Gasteiger partial charge in [-0.1, -0.05) is 29.3 Å². The zero-order chi connectivity index (χ0) is 18.3. The zero-order valence-electron chi connectivity index (χ0n) is 12.9. The minimum Gasteiger partial charge on any atom is -0.314 e. The van der Waals surface area contributed by atoms with Crippen molar-refractivity contribution in [1.82, 2.24) is 4.57 Å². The second-order valence-corrected chi connectivity index (χ2v) is 6.25. The smallest absolute Gasteiger partial charge is 0.258 e. The summed E-state index contributed by atoms with van der Waals surface area (Å²) < 4.78 is 29.3. The highest BCUT2D eigenvalue weighted by Crippen LogP contribution is 2.38. The molecule has 7 heteroatoms. The van der Waals surface area contributed by atoms with E-state index in [2.05, 4.69) is 0 Å². The van der Waals surface area contributed by atoms with Crippen LogP contribution in [0.1, 0.15) is 5.69 Å². The lowest BCUT2D eigenvalue weighted by Gasteiger charge is -2.17. The molecule has 3 rings (SSSR count). The minimum absolute atomic E-state index is 0.117. The molecule has 1 aromatic heterocycles. The summed E-state index contributed by atoms with van der Waals surface area (Å²) in [6, 6.07) is 6.48. The summed E-state index contributed by atoms with van der Waals surface area (Å²) in [6.07, 6.45) is 0.498. The van der Waals surface area contributed by atoms with Gasteiger partial charge in [0.2, 0.25) is 0 Å². The maximum absolute atomic E-state index is 14.2. The molecule has 0 aliphatic carbocycles. The van der Waals surface area contributed by atoms with E-state index in [0.717, 1.165) is 6.07 Å². The van der Waals surface area contributed by atoms with Crippen molar-refractivity contribution in [3.63, 3.8) is 0 Å². The molecule has 0 spiro atoms. The van der Waals surface area contributed by atoms with Crippen LogP contribution < -0.4 is 5.56 Å². The van der Waals surface area contributed by atoms with Crippen LogP contribution in [0.4, 0.5) is 8.78 Å². The van der Waals surface area contributed by atoms with E-state index in [1.165, 1.54) is 35.9 Å². The second kappa shape index (κ2) is 6.58. The number of carbonyl (C=O) groups is 1. The predicted octanol–water partition coefficient (Wildman–Crippen LogP) is 4.53. The van der Waals surface area contributed by atoms with Crippen LogP contribution in [0.25, 0.3) is 21.9 Å². The van der Waals surface area contributed by atoms with E-state index in [4.69, 9.17) is 23.2 Å². The number of halogens is 4. The molecule has 128 valence electrons. The van der Waals surface area contributed by atoms with E-state index < -0.39 is 11.6 Å². The number of rotatable bonds is 3. The molecule has 0 N–H and O–H groups in total. The lowest BCUT2D eigenvalue weighted by Crippen LogP contribution is -2.22. The van der Waals surface area contributed by atoms with Gasteiger partial charge in [0.15, 0.2) is 5.82 Å². The Balaban J connectivity index is 2.56. The molecular formula is C18H11Cl2F2NO2. The first-order chi connectivity index (χ1) is 11.9. The monoisotopic (exact) mass is 381 g/mol. The number of benzene rings is 2. The van der Waals surface area contributed by atoms with Gasteiger partial charge in [-0.15, -0.1) is 0 Å². The molecule has 0 atom stereocenters. The lowest BCUT2D eigenvalue weighted by molar-refractivity contribution is -0.107. The SMILES string of the molecule is Cn1c(CC=O)c(-c2ccc(Cl)c(F)c2Cl)c2cc(F)ccc2c1=O. The quantitative estimate of drug-likeness (QED) is 0.493. The van der Waals surface area contributed by atoms with Crippen molar-refractivity contribution in [1.29, 1.82) is 0 Å². The summed E-state index contributed by atoms with van der Waals surface area (Å²) in [5.74, 6) is -1.39. The predicted molar refractivity (Wildman–Crippen MR) is 94.3 cm³/mol. The molecule has 0 unspecified atom stereocenters. The van der Waals surface area contributed by atoms with Gasteiger partial charge in [-0.25, -0.2) is 8.78 Å². The van der Waals surface area contributed by atoms with Gasteiger partial charge in [-0.3, -0.25) is 4.79 Å². The number of aromatic nitrogens is 1. The van der Waals surface area contributed by atoms with E-state index in [-0.39, 0.29) is 38.4 Å². The summed E-state index contributed by atoms with van der Waals surface area (Å²) in [7, 11) is 1.49. The normalized spacial score (nSPS) is 11.1. The van der Waals surface area contributed by atoms with Crippen molar-refractivity contribution in [3.8, 4) is 11.1 Å². The Labute approximate surface area is 151 Å². The fourth-order valence-corrected chi connectivity index (χ4v) is 3.34. The van der Waals surface area contributed by atoms with Crippen molar-refractivity contribution < 1.29 is 13.6 Å². The summed E-state index contributed by atoms with van der Waals surface area (Å²) in [6.45, 7) is 0. The molecule has 0 fully saturated rings. The molecule has 0 aliphatic rings. The van der Waals surface area contributed by atoms with Crippen molar-refractivity contribution in [2.24, 2.45) is 7.05 Å². The highest BCUT2D eigenvalue weighted by atomic mass is 35.5. The molecule has 0 saturated heterocycles. The van der Waals surface area contributed by atoms with E-state index in [9.17, 15) is 18.4 Å². The van der Waals surface area contributed by atoms with Gasteiger partial charge < -0.3 is 9.36 Å². The number of carbonyl (C=O) groups excluding carboxylic acids is 1. The molecule has 0 amide bonds. The largest absolute Gasteiger partial charge is 0.314 e. The Morgan fingerprint density at radius 1 is 1.12 bits per heavy atom. The van der Waals surface area contributed by atoms with Gasteiger partial charge in [0.25, 0.3) is 5.56 Å². The summed E-state index contributed by atoms with van der Waals surface area (Å²) in [5, 5.41) is 0.0680. The fraction of sp³-hybridized carbons (Fsp3) is 0.111. The molecule has 0 bridgehead atoms. The Morgan fingerprint density at radius 2 is 1.84 bits per heavy atom. The maximum Gasteiger partial charge on any atom is 0.258 e. The fourth-order valence-electron chi connectivity index (χ4n) is 2.87. The summed E-state index contributed by atoms with van der Waals surface area (Å²) in [5.41, 5.74) is 0.471. The Bertz CT molecular complexity index is 1080. The molecular weight excluding hydrogens is 371 g/mol. The van der Waals surface area contributed by atoms with Crippen LogP contribution in [0.3, 0.4) is 0 Å². The summed E-state index contributed by atoms with van der Waals surface area (Å²) >= 11 is 11.9. The third kappa shape index (κ3) is 2.83. The highest BCUT2D eigenvalue weighted by Gasteiger charge is 2.21. The van der Waals surface area contributed by atoms with Crippen molar-refractivity contribution in [3.05, 3.63) is 68.1 Å². The van der Waals surface area contributed by atoms with Gasteiger partial charge in [0.1, 0.15) is 12.1 Å². The molecule has 0 saturated carbocycles.